The van der Waals surface area contributed by atoms with Gasteiger partial charge in [-0.05, 0) is 13.5 Å². The molecule has 6 heteroatoms. The number of hydrogen-bond donors (Lipinski definition) is 2. The molecule has 0 aliphatic carbocycles. The Morgan fingerprint density at radius 3 is 2.69 bits per heavy atom. The van der Waals surface area contributed by atoms with E-state index in [4.69, 9.17) is 4.74 Å². The van der Waals surface area contributed by atoms with Crippen molar-refractivity contribution in [3.05, 3.63) is 0 Å². The highest BCUT2D eigenvalue weighted by Crippen LogP contribution is 2.00. The van der Waals surface area contributed by atoms with Gasteiger partial charge < -0.3 is 19.6 Å². The molecule has 1 aliphatic heterocycles. The van der Waals surface area contributed by atoms with E-state index in [9.17, 15) is 5.11 Å². The first-order valence-electron chi connectivity index (χ1n) is 5.75. The Labute approximate surface area is 112 Å². The molecule has 1 fully saturated rings. The van der Waals surface area contributed by atoms with Gasteiger partial charge in [0.25, 0.3) is 0 Å². The van der Waals surface area contributed by atoms with Crippen molar-refractivity contribution in [3.8, 4) is 0 Å². The summed E-state index contributed by atoms with van der Waals surface area (Å²) in [5.74, 6) is 0. The molecule has 1 heterocycles. The molecule has 1 saturated heterocycles. The zero-order valence-electron chi connectivity index (χ0n) is 9.86. The highest BCUT2D eigenvalue weighted by molar-refractivity contribution is 14.1. The molecule has 5 nitrogen and oxygen atoms in total. The van der Waals surface area contributed by atoms with Crippen molar-refractivity contribution < 1.29 is 9.84 Å². The van der Waals surface area contributed by atoms with Crippen LogP contribution in [0.15, 0.2) is 0 Å². The van der Waals surface area contributed by atoms with E-state index < -0.39 is 6.23 Å². The number of aliphatic hydroxyl groups is 1. The van der Waals surface area contributed by atoms with E-state index in [-0.39, 0.29) is 0 Å². The van der Waals surface area contributed by atoms with E-state index in [1.807, 2.05) is 22.9 Å². The van der Waals surface area contributed by atoms with Crippen molar-refractivity contribution in [2.45, 2.75) is 12.6 Å². The molecule has 0 radical (unpaired) electrons. The molecule has 0 aromatic carbocycles. The first kappa shape index (κ1) is 14.6. The molecule has 0 aromatic rings. The van der Waals surface area contributed by atoms with Gasteiger partial charge in [0.2, 0.25) is 0 Å². The molecule has 1 unspecified atom stereocenters. The predicted molar refractivity (Wildman–Crippen MR) is 72.5 cm³/mol. The normalized spacial score (nSPS) is 21.2. The number of hydrogen-bond acceptors (Lipinski definition) is 5. The molecule has 0 aromatic heterocycles. The van der Waals surface area contributed by atoms with Gasteiger partial charge in [0.15, 0.2) is 0 Å². The standard InChI is InChI=1S/C10H22IN3O2/c1-13-4-6-14(7-5-13)3-2-8-16-9-10(15)12-11/h10,12,15H,2-9H2,1H3. The molecule has 1 rings (SSSR count). The summed E-state index contributed by atoms with van der Waals surface area (Å²) in [7, 11) is 2.17. The first-order chi connectivity index (χ1) is 7.72. The van der Waals surface area contributed by atoms with Gasteiger partial charge in [-0.3, -0.25) is 0 Å². The number of likely N-dealkylation sites (N-methyl/N-ethyl adjacent to an activating group) is 1. The van der Waals surface area contributed by atoms with Crippen molar-refractivity contribution in [2.75, 3.05) is 53.0 Å². The Balaban J connectivity index is 1.91. The maximum Gasteiger partial charge on any atom is 0.136 e. The summed E-state index contributed by atoms with van der Waals surface area (Å²) in [5.41, 5.74) is 0. The van der Waals surface area contributed by atoms with E-state index in [0.29, 0.717) is 6.61 Å². The highest BCUT2D eigenvalue weighted by atomic mass is 127. The molecule has 1 aliphatic rings. The summed E-state index contributed by atoms with van der Waals surface area (Å²) in [6.07, 6.45) is 0.488. The average Bonchev–Trinajstić information content (AvgIpc) is 2.31. The minimum Gasteiger partial charge on any atom is -0.377 e. The third-order valence-electron chi connectivity index (χ3n) is 2.76. The third-order valence-corrected chi connectivity index (χ3v) is 3.48. The number of halogens is 1. The lowest BCUT2D eigenvalue weighted by molar-refractivity contribution is 0.0299. The zero-order valence-corrected chi connectivity index (χ0v) is 12.0. The second kappa shape index (κ2) is 8.60. The van der Waals surface area contributed by atoms with Gasteiger partial charge >= 0.3 is 0 Å². The quantitative estimate of drug-likeness (QED) is 0.293. The molecule has 0 spiro atoms. The Bertz CT molecular complexity index is 177. The molecule has 0 saturated carbocycles. The van der Waals surface area contributed by atoms with Crippen LogP contribution >= 0.6 is 22.9 Å². The minimum atomic E-state index is -0.552. The van der Waals surface area contributed by atoms with Crippen LogP contribution in [0.5, 0.6) is 0 Å². The van der Waals surface area contributed by atoms with Crippen molar-refractivity contribution in [1.82, 2.24) is 13.3 Å². The van der Waals surface area contributed by atoms with Crippen LogP contribution in [-0.4, -0.2) is 74.1 Å². The van der Waals surface area contributed by atoms with E-state index in [1.165, 1.54) is 13.1 Å². The van der Waals surface area contributed by atoms with Crippen LogP contribution in [0.25, 0.3) is 0 Å². The smallest absolute Gasteiger partial charge is 0.136 e. The first-order valence-corrected chi connectivity index (χ1v) is 6.83. The SMILES string of the molecule is CN1CCN(CCCOCC(O)NI)CC1. The largest absolute Gasteiger partial charge is 0.377 e. The molecule has 1 atom stereocenters. The Morgan fingerprint density at radius 2 is 2.06 bits per heavy atom. The van der Waals surface area contributed by atoms with Crippen LogP contribution in [0.4, 0.5) is 0 Å². The van der Waals surface area contributed by atoms with E-state index >= 15 is 0 Å². The van der Waals surface area contributed by atoms with Gasteiger partial charge in [0.1, 0.15) is 6.23 Å². The van der Waals surface area contributed by atoms with Crippen molar-refractivity contribution in [2.24, 2.45) is 0 Å². The lowest BCUT2D eigenvalue weighted by atomic mass is 10.3. The summed E-state index contributed by atoms with van der Waals surface area (Å²) in [4.78, 5) is 4.83. The fourth-order valence-electron chi connectivity index (χ4n) is 1.69. The lowest BCUT2D eigenvalue weighted by Gasteiger charge is -2.32. The fraction of sp³-hybridized carbons (Fsp3) is 1.00. The van der Waals surface area contributed by atoms with Crippen molar-refractivity contribution in [1.29, 1.82) is 0 Å². The number of aliphatic hydroxyl groups excluding tert-OH is 1. The fourth-order valence-corrected chi connectivity index (χ4v) is 1.87. The van der Waals surface area contributed by atoms with Gasteiger partial charge in [-0.25, -0.2) is 3.53 Å². The minimum absolute atomic E-state index is 0.367. The number of piperazine rings is 1. The topological polar surface area (TPSA) is 48.0 Å². The highest BCUT2D eigenvalue weighted by Gasteiger charge is 2.12. The Hall–Kier alpha value is 0.530. The molecule has 16 heavy (non-hydrogen) atoms. The van der Waals surface area contributed by atoms with Gasteiger partial charge in [-0.2, -0.15) is 0 Å². The number of ether oxygens (including phenoxy) is 1. The van der Waals surface area contributed by atoms with Crippen LogP contribution < -0.4 is 3.53 Å². The zero-order chi connectivity index (χ0) is 11.8. The summed E-state index contributed by atoms with van der Waals surface area (Å²) >= 11 is 1.92. The van der Waals surface area contributed by atoms with Gasteiger partial charge in [0, 0.05) is 62.2 Å². The second-order valence-corrected chi connectivity index (χ2v) is 4.82. The second-order valence-electron chi connectivity index (χ2n) is 4.20. The molecule has 2 N–H and O–H groups in total. The molecular formula is C10H22IN3O2. The van der Waals surface area contributed by atoms with Crippen LogP contribution in [0.3, 0.4) is 0 Å². The van der Waals surface area contributed by atoms with Crippen molar-refractivity contribution in [3.63, 3.8) is 0 Å². The van der Waals surface area contributed by atoms with Crippen LogP contribution in [0, 0.1) is 0 Å². The molecular weight excluding hydrogens is 321 g/mol. The Morgan fingerprint density at radius 1 is 1.38 bits per heavy atom. The lowest BCUT2D eigenvalue weighted by Crippen LogP contribution is -2.44. The number of rotatable bonds is 7. The summed E-state index contributed by atoms with van der Waals surface area (Å²) in [5, 5.41) is 9.18. The third kappa shape index (κ3) is 6.31. The summed E-state index contributed by atoms with van der Waals surface area (Å²) in [6, 6.07) is 0. The van der Waals surface area contributed by atoms with E-state index in [1.54, 1.807) is 0 Å². The monoisotopic (exact) mass is 343 g/mol. The number of nitrogens with zero attached hydrogens (tertiary/aromatic N) is 2. The molecule has 0 bridgehead atoms. The Kier molecular flexibility index (Phi) is 7.84. The van der Waals surface area contributed by atoms with Gasteiger partial charge in [0.05, 0.1) is 6.61 Å². The maximum absolute atomic E-state index is 9.18. The van der Waals surface area contributed by atoms with Crippen LogP contribution in [0.1, 0.15) is 6.42 Å². The van der Waals surface area contributed by atoms with Crippen LogP contribution in [0.2, 0.25) is 0 Å². The molecule has 96 valence electrons. The predicted octanol–water partition coefficient (Wildman–Crippen LogP) is -0.102. The van der Waals surface area contributed by atoms with E-state index in [0.717, 1.165) is 32.7 Å². The maximum atomic E-state index is 9.18. The average molecular weight is 343 g/mol. The number of nitrogens with one attached hydrogen (secondary N) is 1. The van der Waals surface area contributed by atoms with Gasteiger partial charge in [-0.1, -0.05) is 0 Å². The van der Waals surface area contributed by atoms with Crippen LogP contribution in [-0.2, 0) is 4.74 Å². The molecule has 0 amide bonds. The van der Waals surface area contributed by atoms with Gasteiger partial charge in [-0.15, -0.1) is 0 Å². The van der Waals surface area contributed by atoms with Crippen molar-refractivity contribution >= 4 is 22.9 Å². The summed E-state index contributed by atoms with van der Waals surface area (Å²) < 4.78 is 8.04. The summed E-state index contributed by atoms with van der Waals surface area (Å²) in [6.45, 7) is 6.84. The van der Waals surface area contributed by atoms with E-state index in [2.05, 4.69) is 20.4 Å².